The lowest BCUT2D eigenvalue weighted by Crippen LogP contribution is -2.34. The number of rotatable bonds is 4. The van der Waals surface area contributed by atoms with Crippen molar-refractivity contribution >= 4 is 17.5 Å². The molecule has 0 aliphatic heterocycles. The minimum Gasteiger partial charge on any atom is -0.350 e. The molecule has 0 radical (unpaired) electrons. The molecule has 0 spiro atoms. The topological polar surface area (TPSA) is 55.6 Å². The molecule has 1 aromatic heterocycles. The average molecular weight is 292 g/mol. The Bertz CT molecular complexity index is 542. The smallest absolute Gasteiger partial charge is 0.247 e. The maximum atomic E-state index is 6.07. The molecule has 106 valence electrons. The molecule has 0 amide bonds. The first-order valence-electron chi connectivity index (χ1n) is 7.05. The Morgan fingerprint density at radius 2 is 2.00 bits per heavy atom. The number of nitrogens with one attached hydrogen (secondary N) is 1. The third-order valence-corrected chi connectivity index (χ3v) is 4.29. The summed E-state index contributed by atoms with van der Waals surface area (Å²) in [5.74, 6) is 1.87. The Kier molecular flexibility index (Phi) is 4.16. The molecular weight excluding hydrogens is 274 g/mol. The van der Waals surface area contributed by atoms with E-state index in [-0.39, 0.29) is 0 Å². The molecule has 6 heteroatoms. The molecule has 1 aliphatic rings. The minimum absolute atomic E-state index is 0.356. The summed E-state index contributed by atoms with van der Waals surface area (Å²) in [6, 6.07) is 10.3. The summed E-state index contributed by atoms with van der Waals surface area (Å²) in [5, 5.41) is 15.4. The molecule has 2 atom stereocenters. The van der Waals surface area contributed by atoms with E-state index in [4.69, 9.17) is 11.6 Å². The average Bonchev–Trinajstić information content (AvgIpc) is 2.97. The molecule has 2 aromatic rings. The number of anilines is 1. The van der Waals surface area contributed by atoms with Crippen LogP contribution >= 0.6 is 11.6 Å². The molecule has 3 rings (SSSR count). The number of aromatic nitrogens is 4. The number of benzene rings is 1. The summed E-state index contributed by atoms with van der Waals surface area (Å²) < 4.78 is 1.74. The first kappa shape index (κ1) is 13.4. The van der Waals surface area contributed by atoms with Crippen LogP contribution < -0.4 is 5.32 Å². The highest BCUT2D eigenvalue weighted by Gasteiger charge is 2.25. The number of hydrogen-bond donors (Lipinski definition) is 1. The third-order valence-electron chi connectivity index (χ3n) is 3.89. The lowest BCUT2D eigenvalue weighted by atomic mass is 9.86. The zero-order chi connectivity index (χ0) is 13.8. The zero-order valence-corrected chi connectivity index (χ0v) is 12.0. The van der Waals surface area contributed by atoms with Gasteiger partial charge in [-0.3, -0.25) is 0 Å². The Hall–Kier alpha value is -1.62. The fourth-order valence-corrected chi connectivity index (χ4v) is 3.14. The molecule has 1 aliphatic carbocycles. The number of hydrogen-bond acceptors (Lipinski definition) is 4. The highest BCUT2D eigenvalue weighted by Crippen LogP contribution is 2.27. The van der Waals surface area contributed by atoms with Crippen LogP contribution in [-0.2, 0) is 0 Å². The lowest BCUT2D eigenvalue weighted by molar-refractivity contribution is 0.351. The molecule has 1 aromatic carbocycles. The molecule has 0 saturated heterocycles. The van der Waals surface area contributed by atoms with E-state index < -0.39 is 0 Å². The van der Waals surface area contributed by atoms with Crippen molar-refractivity contribution in [2.75, 3.05) is 11.2 Å². The van der Waals surface area contributed by atoms with Gasteiger partial charge in [0.25, 0.3) is 0 Å². The van der Waals surface area contributed by atoms with E-state index in [1.54, 1.807) is 4.68 Å². The Labute approximate surface area is 123 Å². The summed E-state index contributed by atoms with van der Waals surface area (Å²) in [7, 11) is 0. The molecule has 5 nitrogen and oxygen atoms in total. The highest BCUT2D eigenvalue weighted by atomic mass is 35.5. The maximum Gasteiger partial charge on any atom is 0.247 e. The molecule has 1 saturated carbocycles. The van der Waals surface area contributed by atoms with Crippen LogP contribution in [0.3, 0.4) is 0 Å². The highest BCUT2D eigenvalue weighted by molar-refractivity contribution is 6.18. The number of halogens is 1. The normalized spacial score (nSPS) is 22.6. The van der Waals surface area contributed by atoms with Crippen LogP contribution in [0.25, 0.3) is 5.69 Å². The molecule has 1 N–H and O–H groups in total. The van der Waals surface area contributed by atoms with Gasteiger partial charge in [-0.2, -0.15) is 4.68 Å². The number of para-hydroxylation sites is 1. The van der Waals surface area contributed by atoms with E-state index in [1.807, 2.05) is 30.3 Å². The summed E-state index contributed by atoms with van der Waals surface area (Å²) in [6.07, 6.45) is 4.80. The summed E-state index contributed by atoms with van der Waals surface area (Å²) in [4.78, 5) is 0. The predicted octanol–water partition coefficient (Wildman–Crippen LogP) is 2.87. The van der Waals surface area contributed by atoms with Crippen molar-refractivity contribution in [2.45, 2.75) is 31.7 Å². The Balaban J connectivity index is 1.80. The van der Waals surface area contributed by atoms with Crippen LogP contribution in [0.5, 0.6) is 0 Å². The summed E-state index contributed by atoms with van der Waals surface area (Å²) in [5.41, 5.74) is 0.957. The van der Waals surface area contributed by atoms with E-state index in [9.17, 15) is 0 Å². The fraction of sp³-hybridized carbons (Fsp3) is 0.500. The van der Waals surface area contributed by atoms with Crippen LogP contribution in [0.15, 0.2) is 30.3 Å². The van der Waals surface area contributed by atoms with E-state index in [1.165, 1.54) is 19.3 Å². The van der Waals surface area contributed by atoms with Crippen molar-refractivity contribution < 1.29 is 0 Å². The van der Waals surface area contributed by atoms with Crippen molar-refractivity contribution in [3.8, 4) is 5.69 Å². The first-order valence-corrected chi connectivity index (χ1v) is 7.58. The summed E-state index contributed by atoms with van der Waals surface area (Å²) in [6.45, 7) is 0. The van der Waals surface area contributed by atoms with E-state index in [0.717, 1.165) is 12.1 Å². The quantitative estimate of drug-likeness (QED) is 0.880. The van der Waals surface area contributed by atoms with Gasteiger partial charge in [-0.1, -0.05) is 36.1 Å². The SMILES string of the molecule is ClCC1CCCCC1Nc1nnnn1-c1ccccc1. The van der Waals surface area contributed by atoms with E-state index in [2.05, 4.69) is 20.8 Å². The summed E-state index contributed by atoms with van der Waals surface area (Å²) >= 11 is 6.07. The number of nitrogens with zero attached hydrogens (tertiary/aromatic N) is 4. The third kappa shape index (κ3) is 2.77. The fourth-order valence-electron chi connectivity index (χ4n) is 2.77. The predicted molar refractivity (Wildman–Crippen MR) is 79.2 cm³/mol. The van der Waals surface area contributed by atoms with Crippen LogP contribution in [-0.4, -0.2) is 32.1 Å². The zero-order valence-electron chi connectivity index (χ0n) is 11.2. The van der Waals surface area contributed by atoms with E-state index >= 15 is 0 Å². The van der Waals surface area contributed by atoms with Crippen LogP contribution in [0, 0.1) is 5.92 Å². The van der Waals surface area contributed by atoms with Gasteiger partial charge >= 0.3 is 0 Å². The number of tetrazole rings is 1. The number of alkyl halides is 1. The Morgan fingerprint density at radius 3 is 2.80 bits per heavy atom. The largest absolute Gasteiger partial charge is 0.350 e. The minimum atomic E-state index is 0.356. The molecule has 1 heterocycles. The van der Waals surface area contributed by atoms with Crippen molar-refractivity contribution in [1.29, 1.82) is 0 Å². The molecule has 2 unspecified atom stereocenters. The van der Waals surface area contributed by atoms with Gasteiger partial charge in [0.05, 0.1) is 5.69 Å². The van der Waals surface area contributed by atoms with Crippen molar-refractivity contribution in [3.05, 3.63) is 30.3 Å². The van der Waals surface area contributed by atoms with Gasteiger partial charge in [-0.05, 0) is 41.3 Å². The second-order valence-corrected chi connectivity index (χ2v) is 5.51. The standard InChI is InChI=1S/C14H18ClN5/c15-10-11-6-4-5-9-13(11)16-14-17-18-19-20(14)12-7-2-1-3-8-12/h1-3,7-8,11,13H,4-6,9-10H2,(H,16,17,19). The first-order chi connectivity index (χ1) is 9.88. The van der Waals surface area contributed by atoms with E-state index in [0.29, 0.717) is 23.8 Å². The molecule has 0 bridgehead atoms. The van der Waals surface area contributed by atoms with Gasteiger partial charge in [0.1, 0.15) is 0 Å². The van der Waals surface area contributed by atoms with Crippen molar-refractivity contribution in [1.82, 2.24) is 20.2 Å². The van der Waals surface area contributed by atoms with Crippen molar-refractivity contribution in [3.63, 3.8) is 0 Å². The van der Waals surface area contributed by atoms with Gasteiger partial charge in [0.2, 0.25) is 5.95 Å². The molecule has 20 heavy (non-hydrogen) atoms. The van der Waals surface area contributed by atoms with Gasteiger partial charge < -0.3 is 5.32 Å². The van der Waals surface area contributed by atoms with Gasteiger partial charge in [-0.25, -0.2) is 0 Å². The molecular formula is C14H18ClN5. The monoisotopic (exact) mass is 291 g/mol. The van der Waals surface area contributed by atoms with Crippen LogP contribution in [0.4, 0.5) is 5.95 Å². The second kappa shape index (κ2) is 6.22. The lowest BCUT2D eigenvalue weighted by Gasteiger charge is -2.30. The Morgan fingerprint density at radius 1 is 1.20 bits per heavy atom. The van der Waals surface area contributed by atoms with Crippen LogP contribution in [0.2, 0.25) is 0 Å². The van der Waals surface area contributed by atoms with Gasteiger partial charge in [-0.15, -0.1) is 11.6 Å². The van der Waals surface area contributed by atoms with Crippen LogP contribution in [0.1, 0.15) is 25.7 Å². The molecule has 1 fully saturated rings. The maximum absolute atomic E-state index is 6.07. The second-order valence-electron chi connectivity index (χ2n) is 5.20. The van der Waals surface area contributed by atoms with Gasteiger partial charge in [0, 0.05) is 11.9 Å². The van der Waals surface area contributed by atoms with Gasteiger partial charge in [0.15, 0.2) is 0 Å². The van der Waals surface area contributed by atoms with Crippen molar-refractivity contribution in [2.24, 2.45) is 5.92 Å².